The van der Waals surface area contributed by atoms with Crippen molar-refractivity contribution in [2.45, 2.75) is 32.0 Å². The summed E-state index contributed by atoms with van der Waals surface area (Å²) in [6.45, 7) is 3.66. The molecule has 2 aromatic rings. The van der Waals surface area contributed by atoms with Crippen LogP contribution in [0.4, 0.5) is 4.39 Å². The van der Waals surface area contributed by atoms with Crippen molar-refractivity contribution < 1.29 is 14.3 Å². The zero-order valence-corrected chi connectivity index (χ0v) is 14.1. The van der Waals surface area contributed by atoms with Gasteiger partial charge in [0.15, 0.2) is 0 Å². The average Bonchev–Trinajstić information content (AvgIpc) is 2.63. The Morgan fingerprint density at radius 2 is 1.64 bits per heavy atom. The summed E-state index contributed by atoms with van der Waals surface area (Å²) in [6, 6.07) is 14.2. The van der Waals surface area contributed by atoms with Gasteiger partial charge < -0.3 is 10.4 Å². The van der Waals surface area contributed by atoms with Crippen LogP contribution in [0.1, 0.15) is 34.3 Å². The van der Waals surface area contributed by atoms with E-state index in [4.69, 9.17) is 5.11 Å². The van der Waals surface area contributed by atoms with Crippen LogP contribution in [0.15, 0.2) is 48.5 Å². The highest BCUT2D eigenvalue weighted by atomic mass is 19.1. The van der Waals surface area contributed by atoms with E-state index in [-0.39, 0.29) is 5.82 Å². The maximum Gasteiger partial charge on any atom is 0.335 e. The molecule has 0 bridgehead atoms. The number of hydrogen-bond acceptors (Lipinski definition) is 3. The van der Waals surface area contributed by atoms with Crippen molar-refractivity contribution in [3.8, 4) is 0 Å². The number of likely N-dealkylation sites (tertiary alicyclic amines) is 1. The lowest BCUT2D eigenvalue weighted by Crippen LogP contribution is -2.41. The van der Waals surface area contributed by atoms with Crippen LogP contribution >= 0.6 is 0 Å². The Labute approximate surface area is 147 Å². The second-order valence-electron chi connectivity index (χ2n) is 6.56. The Morgan fingerprint density at radius 1 is 1.04 bits per heavy atom. The first-order chi connectivity index (χ1) is 12.1. The number of piperidine rings is 1. The molecular weight excluding hydrogens is 319 g/mol. The molecule has 0 aliphatic carbocycles. The molecule has 1 saturated heterocycles. The van der Waals surface area contributed by atoms with Gasteiger partial charge in [0.2, 0.25) is 0 Å². The van der Waals surface area contributed by atoms with E-state index in [1.54, 1.807) is 12.1 Å². The number of rotatable bonds is 6. The van der Waals surface area contributed by atoms with Gasteiger partial charge in [-0.2, -0.15) is 0 Å². The summed E-state index contributed by atoms with van der Waals surface area (Å²) in [5.41, 5.74) is 2.56. The summed E-state index contributed by atoms with van der Waals surface area (Å²) < 4.78 is 13.0. The molecule has 0 amide bonds. The molecule has 0 radical (unpaired) electrons. The first-order valence-electron chi connectivity index (χ1n) is 8.62. The fraction of sp³-hybridized carbons (Fsp3) is 0.350. The molecule has 25 heavy (non-hydrogen) atoms. The normalized spacial score (nSPS) is 16.0. The first kappa shape index (κ1) is 17.6. The van der Waals surface area contributed by atoms with E-state index >= 15 is 0 Å². The number of aromatic carboxylic acids is 1. The number of hydrogen-bond donors (Lipinski definition) is 2. The third-order valence-electron chi connectivity index (χ3n) is 4.70. The molecule has 0 unspecified atom stereocenters. The summed E-state index contributed by atoms with van der Waals surface area (Å²) in [7, 11) is 0. The first-order valence-corrected chi connectivity index (χ1v) is 8.62. The molecule has 2 N–H and O–H groups in total. The van der Waals surface area contributed by atoms with E-state index in [1.807, 2.05) is 24.3 Å². The summed E-state index contributed by atoms with van der Waals surface area (Å²) in [4.78, 5) is 13.3. The number of carboxylic acid groups (broad SMARTS) is 1. The third-order valence-corrected chi connectivity index (χ3v) is 4.70. The second kappa shape index (κ2) is 8.23. The lowest BCUT2D eigenvalue weighted by atomic mass is 10.0. The zero-order chi connectivity index (χ0) is 17.6. The molecule has 5 heteroatoms. The smallest absolute Gasteiger partial charge is 0.335 e. The van der Waals surface area contributed by atoms with Gasteiger partial charge in [-0.15, -0.1) is 0 Å². The highest BCUT2D eigenvalue weighted by molar-refractivity contribution is 5.87. The van der Waals surface area contributed by atoms with Gasteiger partial charge in [0.05, 0.1) is 5.56 Å². The van der Waals surface area contributed by atoms with Gasteiger partial charge in [0.1, 0.15) is 5.82 Å². The molecule has 1 aliphatic rings. The van der Waals surface area contributed by atoms with Crippen molar-refractivity contribution in [2.75, 3.05) is 13.1 Å². The SMILES string of the molecule is O=C(O)c1ccc(CNC2CCN(Cc3ccc(F)cc3)CC2)cc1. The Bertz CT molecular complexity index is 693. The summed E-state index contributed by atoms with van der Waals surface area (Å²) in [5.74, 6) is -1.09. The molecule has 0 atom stereocenters. The number of carboxylic acids is 1. The van der Waals surface area contributed by atoms with Crippen molar-refractivity contribution in [1.29, 1.82) is 0 Å². The van der Waals surface area contributed by atoms with Crippen molar-refractivity contribution >= 4 is 5.97 Å². The molecule has 0 spiro atoms. The van der Waals surface area contributed by atoms with E-state index in [0.717, 1.165) is 50.1 Å². The van der Waals surface area contributed by atoms with E-state index in [9.17, 15) is 9.18 Å². The van der Waals surface area contributed by atoms with Gasteiger partial charge in [0.25, 0.3) is 0 Å². The van der Waals surface area contributed by atoms with Gasteiger partial charge in [-0.3, -0.25) is 4.90 Å². The quantitative estimate of drug-likeness (QED) is 0.846. The van der Waals surface area contributed by atoms with Crippen LogP contribution in [0.25, 0.3) is 0 Å². The molecule has 4 nitrogen and oxygen atoms in total. The van der Waals surface area contributed by atoms with E-state index in [2.05, 4.69) is 10.2 Å². The Morgan fingerprint density at radius 3 is 2.24 bits per heavy atom. The van der Waals surface area contributed by atoms with Crippen LogP contribution in [0.5, 0.6) is 0 Å². The fourth-order valence-corrected chi connectivity index (χ4v) is 3.17. The number of nitrogens with one attached hydrogen (secondary N) is 1. The highest BCUT2D eigenvalue weighted by Gasteiger charge is 2.18. The molecule has 0 aromatic heterocycles. The van der Waals surface area contributed by atoms with Crippen molar-refractivity contribution in [1.82, 2.24) is 10.2 Å². The van der Waals surface area contributed by atoms with Gasteiger partial charge in [-0.05, 0) is 61.3 Å². The highest BCUT2D eigenvalue weighted by Crippen LogP contribution is 2.15. The molecular formula is C20H23FN2O2. The summed E-state index contributed by atoms with van der Waals surface area (Å²) >= 11 is 0. The van der Waals surface area contributed by atoms with Crippen LogP contribution in [0.3, 0.4) is 0 Å². The van der Waals surface area contributed by atoms with Crippen LogP contribution < -0.4 is 5.32 Å². The predicted octanol–water partition coefficient (Wildman–Crippen LogP) is 3.28. The molecule has 2 aromatic carbocycles. The Balaban J connectivity index is 1.41. The summed E-state index contributed by atoms with van der Waals surface area (Å²) in [5, 5.41) is 12.5. The largest absolute Gasteiger partial charge is 0.478 e. The number of carbonyl (C=O) groups is 1. The topological polar surface area (TPSA) is 52.6 Å². The summed E-state index contributed by atoms with van der Waals surface area (Å²) in [6.07, 6.45) is 2.16. The average molecular weight is 342 g/mol. The number of benzene rings is 2. The van der Waals surface area contributed by atoms with Gasteiger partial charge in [-0.25, -0.2) is 9.18 Å². The Kier molecular flexibility index (Phi) is 5.79. The second-order valence-corrected chi connectivity index (χ2v) is 6.56. The maximum absolute atomic E-state index is 13.0. The number of nitrogens with zero attached hydrogens (tertiary/aromatic N) is 1. The molecule has 1 fully saturated rings. The van der Waals surface area contributed by atoms with E-state index in [1.165, 1.54) is 12.1 Å². The van der Waals surface area contributed by atoms with Gasteiger partial charge >= 0.3 is 5.97 Å². The molecule has 1 heterocycles. The van der Waals surface area contributed by atoms with Crippen molar-refractivity contribution in [3.05, 3.63) is 71.0 Å². The monoisotopic (exact) mass is 342 g/mol. The minimum atomic E-state index is -0.895. The van der Waals surface area contributed by atoms with Crippen LogP contribution in [0, 0.1) is 5.82 Å². The van der Waals surface area contributed by atoms with Crippen LogP contribution in [-0.2, 0) is 13.1 Å². The van der Waals surface area contributed by atoms with Crippen molar-refractivity contribution in [3.63, 3.8) is 0 Å². The molecule has 132 valence electrons. The minimum Gasteiger partial charge on any atom is -0.478 e. The third kappa shape index (κ3) is 5.11. The molecule has 0 saturated carbocycles. The predicted molar refractivity (Wildman–Crippen MR) is 94.9 cm³/mol. The van der Waals surface area contributed by atoms with E-state index < -0.39 is 5.97 Å². The minimum absolute atomic E-state index is 0.192. The molecule has 1 aliphatic heterocycles. The van der Waals surface area contributed by atoms with Gasteiger partial charge in [-0.1, -0.05) is 24.3 Å². The maximum atomic E-state index is 13.0. The van der Waals surface area contributed by atoms with Crippen molar-refractivity contribution in [2.24, 2.45) is 0 Å². The number of halogens is 1. The van der Waals surface area contributed by atoms with E-state index in [0.29, 0.717) is 11.6 Å². The van der Waals surface area contributed by atoms with Crippen LogP contribution in [-0.4, -0.2) is 35.1 Å². The lowest BCUT2D eigenvalue weighted by Gasteiger charge is -2.32. The lowest BCUT2D eigenvalue weighted by molar-refractivity contribution is 0.0697. The zero-order valence-electron chi connectivity index (χ0n) is 14.1. The van der Waals surface area contributed by atoms with Crippen LogP contribution in [0.2, 0.25) is 0 Å². The fourth-order valence-electron chi connectivity index (χ4n) is 3.17. The van der Waals surface area contributed by atoms with Gasteiger partial charge in [0, 0.05) is 19.1 Å². The standard InChI is InChI=1S/C20H23FN2O2/c21-18-7-3-16(4-8-18)14-23-11-9-19(10-12-23)22-13-15-1-5-17(6-2-15)20(24)25/h1-8,19,22H,9-14H2,(H,24,25). The Hall–Kier alpha value is -2.24. The molecule has 3 rings (SSSR count).